The molecular formula is C19H23N3O4. The second kappa shape index (κ2) is 9.53. The fourth-order valence-electron chi connectivity index (χ4n) is 2.18. The van der Waals surface area contributed by atoms with Crippen molar-refractivity contribution in [2.75, 3.05) is 25.6 Å². The highest BCUT2D eigenvalue weighted by atomic mass is 16.5. The molecule has 2 aromatic rings. The molecule has 7 nitrogen and oxygen atoms in total. The molecule has 0 radical (unpaired) electrons. The zero-order valence-electron chi connectivity index (χ0n) is 15.1. The monoisotopic (exact) mass is 357 g/mol. The topological polar surface area (TPSA) is 89.5 Å². The Morgan fingerprint density at radius 1 is 1.15 bits per heavy atom. The van der Waals surface area contributed by atoms with Crippen LogP contribution in [0, 0.1) is 0 Å². The van der Waals surface area contributed by atoms with Crippen LogP contribution >= 0.6 is 0 Å². The molecule has 0 aliphatic heterocycles. The number of carbonyl (C=O) groups is 2. The molecule has 26 heavy (non-hydrogen) atoms. The van der Waals surface area contributed by atoms with Gasteiger partial charge in [0, 0.05) is 25.4 Å². The van der Waals surface area contributed by atoms with Crippen LogP contribution in [0.3, 0.4) is 0 Å². The number of carbonyl (C=O) groups excluding carboxylic acids is 2. The van der Waals surface area contributed by atoms with Crippen LogP contribution in [0.4, 0.5) is 5.69 Å². The van der Waals surface area contributed by atoms with Gasteiger partial charge < -0.3 is 20.1 Å². The second-order valence-electron chi connectivity index (χ2n) is 5.80. The lowest BCUT2D eigenvalue weighted by molar-refractivity contribution is 0.0937. The van der Waals surface area contributed by atoms with E-state index in [9.17, 15) is 9.59 Å². The Morgan fingerprint density at radius 3 is 2.65 bits per heavy atom. The average Bonchev–Trinajstić information content (AvgIpc) is 2.63. The number of aromatic nitrogens is 1. The number of pyridine rings is 1. The minimum Gasteiger partial charge on any atom is -0.489 e. The van der Waals surface area contributed by atoms with Gasteiger partial charge in [0.1, 0.15) is 11.4 Å². The Hall–Kier alpha value is -2.93. The smallest absolute Gasteiger partial charge is 0.274 e. The Kier molecular flexibility index (Phi) is 7.11. The lowest BCUT2D eigenvalue weighted by Crippen LogP contribution is -2.27. The van der Waals surface area contributed by atoms with Gasteiger partial charge in [-0.25, -0.2) is 0 Å². The van der Waals surface area contributed by atoms with Crippen molar-refractivity contribution < 1.29 is 19.1 Å². The molecule has 0 aliphatic carbocycles. The van der Waals surface area contributed by atoms with E-state index in [-0.39, 0.29) is 17.7 Å². The van der Waals surface area contributed by atoms with E-state index in [2.05, 4.69) is 15.6 Å². The number of para-hydroxylation sites is 2. The second-order valence-corrected chi connectivity index (χ2v) is 5.80. The number of nitrogens with one attached hydrogen (secondary N) is 2. The van der Waals surface area contributed by atoms with Crippen LogP contribution in [0.2, 0.25) is 0 Å². The quantitative estimate of drug-likeness (QED) is 0.709. The van der Waals surface area contributed by atoms with E-state index in [1.807, 2.05) is 19.9 Å². The maximum Gasteiger partial charge on any atom is 0.274 e. The van der Waals surface area contributed by atoms with Gasteiger partial charge in [-0.2, -0.15) is 0 Å². The highest BCUT2D eigenvalue weighted by Gasteiger charge is 2.14. The number of benzene rings is 1. The normalized spacial score (nSPS) is 10.5. The first kappa shape index (κ1) is 19.4. The molecule has 2 rings (SSSR count). The molecule has 0 aliphatic rings. The van der Waals surface area contributed by atoms with Gasteiger partial charge in [0.2, 0.25) is 0 Å². The zero-order valence-corrected chi connectivity index (χ0v) is 15.1. The van der Waals surface area contributed by atoms with E-state index in [1.54, 1.807) is 31.4 Å². The lowest BCUT2D eigenvalue weighted by Gasteiger charge is -2.14. The Balaban J connectivity index is 2.11. The van der Waals surface area contributed by atoms with Crippen LogP contribution in [-0.4, -0.2) is 43.2 Å². The number of methoxy groups -OCH3 is 1. The van der Waals surface area contributed by atoms with Crippen molar-refractivity contribution in [2.45, 2.75) is 20.0 Å². The van der Waals surface area contributed by atoms with Gasteiger partial charge in [-0.15, -0.1) is 0 Å². The summed E-state index contributed by atoms with van der Waals surface area (Å²) >= 11 is 0. The van der Waals surface area contributed by atoms with E-state index in [1.165, 1.54) is 12.3 Å². The summed E-state index contributed by atoms with van der Waals surface area (Å²) in [4.78, 5) is 28.6. The third-order valence-corrected chi connectivity index (χ3v) is 3.34. The van der Waals surface area contributed by atoms with Gasteiger partial charge in [-0.1, -0.05) is 12.1 Å². The van der Waals surface area contributed by atoms with Crippen molar-refractivity contribution in [1.29, 1.82) is 0 Å². The first-order chi connectivity index (χ1) is 12.5. The molecule has 1 aromatic heterocycles. The van der Waals surface area contributed by atoms with Gasteiger partial charge in [0.25, 0.3) is 11.8 Å². The highest BCUT2D eigenvalue weighted by Crippen LogP contribution is 2.25. The van der Waals surface area contributed by atoms with E-state index >= 15 is 0 Å². The zero-order chi connectivity index (χ0) is 18.9. The van der Waals surface area contributed by atoms with Gasteiger partial charge >= 0.3 is 0 Å². The van der Waals surface area contributed by atoms with Crippen molar-refractivity contribution in [2.24, 2.45) is 0 Å². The molecule has 0 unspecified atom stereocenters. The van der Waals surface area contributed by atoms with E-state index in [0.29, 0.717) is 30.2 Å². The fourth-order valence-corrected chi connectivity index (χ4v) is 2.18. The molecule has 0 spiro atoms. The Labute approximate surface area is 152 Å². The third-order valence-electron chi connectivity index (χ3n) is 3.34. The predicted octanol–water partition coefficient (Wildman–Crippen LogP) is 2.50. The molecule has 1 heterocycles. The Bertz CT molecular complexity index is 762. The molecule has 0 bridgehead atoms. The van der Waals surface area contributed by atoms with Crippen LogP contribution in [0.5, 0.6) is 5.75 Å². The Morgan fingerprint density at radius 2 is 1.92 bits per heavy atom. The first-order valence-electron chi connectivity index (χ1n) is 8.31. The molecule has 0 fully saturated rings. The van der Waals surface area contributed by atoms with Gasteiger partial charge in [0.05, 0.1) is 18.4 Å². The number of anilines is 1. The molecule has 0 saturated heterocycles. The van der Waals surface area contributed by atoms with Crippen LogP contribution in [-0.2, 0) is 4.74 Å². The van der Waals surface area contributed by atoms with Gasteiger partial charge in [-0.05, 0) is 38.1 Å². The summed E-state index contributed by atoms with van der Waals surface area (Å²) in [6.45, 7) is 4.62. The van der Waals surface area contributed by atoms with Crippen molar-refractivity contribution in [3.63, 3.8) is 0 Å². The molecule has 0 saturated carbocycles. The van der Waals surface area contributed by atoms with Gasteiger partial charge in [-0.3, -0.25) is 14.6 Å². The molecule has 2 N–H and O–H groups in total. The molecule has 7 heteroatoms. The first-order valence-corrected chi connectivity index (χ1v) is 8.31. The van der Waals surface area contributed by atoms with Crippen molar-refractivity contribution in [1.82, 2.24) is 10.3 Å². The van der Waals surface area contributed by atoms with Crippen molar-refractivity contribution in [3.05, 3.63) is 53.9 Å². The minimum absolute atomic E-state index is 0.0229. The summed E-state index contributed by atoms with van der Waals surface area (Å²) in [6, 6.07) is 10.2. The largest absolute Gasteiger partial charge is 0.489 e. The molecule has 1 aromatic carbocycles. The van der Waals surface area contributed by atoms with E-state index in [4.69, 9.17) is 9.47 Å². The number of rotatable bonds is 8. The number of amides is 2. The van der Waals surface area contributed by atoms with E-state index in [0.717, 1.165) is 0 Å². The summed E-state index contributed by atoms with van der Waals surface area (Å²) in [6.07, 6.45) is 1.40. The summed E-state index contributed by atoms with van der Waals surface area (Å²) in [5.74, 6) is -0.136. The van der Waals surface area contributed by atoms with Crippen molar-refractivity contribution >= 4 is 17.5 Å². The number of hydrogen-bond donors (Lipinski definition) is 2. The molecule has 138 valence electrons. The highest BCUT2D eigenvalue weighted by molar-refractivity contribution is 6.05. The molecular weight excluding hydrogens is 334 g/mol. The standard InChI is InChI=1S/C19H23N3O4/c1-13(2)26-17-7-5-4-6-15(17)22-19(24)16-12-14(8-9-20-16)18(23)21-10-11-25-3/h4-9,12-13H,10-11H2,1-3H3,(H,21,23)(H,22,24). The number of hydrogen-bond acceptors (Lipinski definition) is 5. The van der Waals surface area contributed by atoms with Crippen LogP contribution in [0.15, 0.2) is 42.6 Å². The molecule has 2 amide bonds. The van der Waals surface area contributed by atoms with E-state index < -0.39 is 5.91 Å². The van der Waals surface area contributed by atoms with Crippen molar-refractivity contribution in [3.8, 4) is 5.75 Å². The third kappa shape index (κ3) is 5.56. The summed E-state index contributed by atoms with van der Waals surface area (Å²) in [5.41, 5.74) is 1.04. The maximum atomic E-state index is 12.5. The predicted molar refractivity (Wildman–Crippen MR) is 98.6 cm³/mol. The SMILES string of the molecule is COCCNC(=O)c1ccnc(C(=O)Nc2ccccc2OC(C)C)c1. The minimum atomic E-state index is -0.420. The average molecular weight is 357 g/mol. The van der Waals surface area contributed by atoms with Crippen LogP contribution < -0.4 is 15.4 Å². The fraction of sp³-hybridized carbons (Fsp3) is 0.316. The maximum absolute atomic E-state index is 12.5. The summed E-state index contributed by atoms with van der Waals surface area (Å²) in [5, 5.41) is 5.48. The van der Waals surface area contributed by atoms with Gasteiger partial charge in [0.15, 0.2) is 0 Å². The number of ether oxygens (including phenoxy) is 2. The van der Waals surface area contributed by atoms with Crippen LogP contribution in [0.1, 0.15) is 34.7 Å². The summed E-state index contributed by atoms with van der Waals surface area (Å²) < 4.78 is 10.6. The lowest BCUT2D eigenvalue weighted by atomic mass is 10.2. The van der Waals surface area contributed by atoms with Crippen LogP contribution in [0.25, 0.3) is 0 Å². The number of nitrogens with zero attached hydrogens (tertiary/aromatic N) is 1. The molecule has 0 atom stereocenters. The summed E-state index contributed by atoms with van der Waals surface area (Å²) in [7, 11) is 1.56.